The highest BCUT2D eigenvalue weighted by Crippen LogP contribution is 2.43. The molecule has 28 heavy (non-hydrogen) atoms. The van der Waals surface area contributed by atoms with E-state index < -0.39 is 41.8 Å². The maximum Gasteiger partial charge on any atom is 0.338 e. The fourth-order valence-electron chi connectivity index (χ4n) is 3.76. The van der Waals surface area contributed by atoms with Gasteiger partial charge in [0.15, 0.2) is 0 Å². The Labute approximate surface area is 162 Å². The third-order valence-electron chi connectivity index (χ3n) is 4.98. The Morgan fingerprint density at radius 3 is 2.11 bits per heavy atom. The molecule has 1 fully saturated rings. The summed E-state index contributed by atoms with van der Waals surface area (Å²) in [6.45, 7) is 1.95. The molecular weight excluding hydrogens is 362 g/mol. The first-order chi connectivity index (χ1) is 13.4. The molecule has 1 aliphatic rings. The Hall–Kier alpha value is -3.19. The van der Waals surface area contributed by atoms with Gasteiger partial charge in [0, 0.05) is 12.0 Å². The summed E-state index contributed by atoms with van der Waals surface area (Å²) in [5.74, 6) is -4.45. The van der Waals surface area contributed by atoms with E-state index in [1.165, 1.54) is 12.1 Å². The number of aliphatic carboxylic acids is 2. The fraction of sp³-hybridized carbons (Fsp3) is 0.286. The lowest BCUT2D eigenvalue weighted by Gasteiger charge is -2.21. The third-order valence-corrected chi connectivity index (χ3v) is 4.98. The summed E-state index contributed by atoms with van der Waals surface area (Å²) < 4.78 is 4.95. The van der Waals surface area contributed by atoms with Crippen LogP contribution in [-0.2, 0) is 14.3 Å². The van der Waals surface area contributed by atoms with Crippen LogP contribution < -0.4 is 5.32 Å². The van der Waals surface area contributed by atoms with Gasteiger partial charge in [0.1, 0.15) is 6.04 Å². The number of hydrogen-bond donors (Lipinski definition) is 3. The van der Waals surface area contributed by atoms with Crippen molar-refractivity contribution in [2.24, 2.45) is 5.92 Å². The van der Waals surface area contributed by atoms with Gasteiger partial charge in [0.2, 0.25) is 0 Å². The molecular formula is C21H21NO6. The van der Waals surface area contributed by atoms with Gasteiger partial charge in [-0.25, -0.2) is 4.79 Å². The summed E-state index contributed by atoms with van der Waals surface area (Å²) >= 11 is 0. The molecule has 3 N–H and O–H groups in total. The normalized spacial score (nSPS) is 23.9. The van der Waals surface area contributed by atoms with Crippen LogP contribution in [0, 0.1) is 5.92 Å². The first-order valence-corrected chi connectivity index (χ1v) is 8.97. The van der Waals surface area contributed by atoms with Gasteiger partial charge in [-0.3, -0.25) is 14.9 Å². The molecule has 4 atom stereocenters. The average molecular weight is 383 g/mol. The molecule has 0 aliphatic carbocycles. The summed E-state index contributed by atoms with van der Waals surface area (Å²) in [4.78, 5) is 35.8. The molecule has 0 aromatic heterocycles. The van der Waals surface area contributed by atoms with E-state index in [1.807, 2.05) is 6.07 Å². The summed E-state index contributed by atoms with van der Waals surface area (Å²) in [6, 6.07) is 13.5. The molecule has 1 heterocycles. The van der Waals surface area contributed by atoms with Gasteiger partial charge < -0.3 is 14.9 Å². The highest BCUT2D eigenvalue weighted by molar-refractivity contribution is 5.89. The van der Waals surface area contributed by atoms with E-state index >= 15 is 0 Å². The molecule has 1 saturated heterocycles. The summed E-state index contributed by atoms with van der Waals surface area (Å²) in [5.41, 5.74) is 1.58. The van der Waals surface area contributed by atoms with Gasteiger partial charge >= 0.3 is 17.9 Å². The summed E-state index contributed by atoms with van der Waals surface area (Å²) in [5, 5.41) is 22.5. The number of carbonyl (C=O) groups excluding carboxylic acids is 1. The van der Waals surface area contributed by atoms with Gasteiger partial charge in [-0.1, -0.05) is 42.5 Å². The Kier molecular flexibility index (Phi) is 5.75. The van der Waals surface area contributed by atoms with Crippen molar-refractivity contribution in [3.8, 4) is 0 Å². The molecule has 3 rings (SSSR count). The van der Waals surface area contributed by atoms with Crippen molar-refractivity contribution in [1.29, 1.82) is 0 Å². The number of rotatable bonds is 6. The van der Waals surface area contributed by atoms with Gasteiger partial charge in [-0.05, 0) is 30.2 Å². The number of carboxylic acids is 2. The highest BCUT2D eigenvalue weighted by atomic mass is 16.5. The van der Waals surface area contributed by atoms with E-state index in [-0.39, 0.29) is 6.61 Å². The van der Waals surface area contributed by atoms with E-state index in [9.17, 15) is 24.6 Å². The molecule has 146 valence electrons. The smallest absolute Gasteiger partial charge is 0.338 e. The van der Waals surface area contributed by atoms with Crippen LogP contribution in [-0.4, -0.2) is 40.8 Å². The molecule has 7 heteroatoms. The second-order valence-electron chi connectivity index (χ2n) is 6.60. The minimum Gasteiger partial charge on any atom is -0.481 e. The number of esters is 1. The van der Waals surface area contributed by atoms with Crippen molar-refractivity contribution in [1.82, 2.24) is 5.32 Å². The zero-order valence-electron chi connectivity index (χ0n) is 15.2. The van der Waals surface area contributed by atoms with E-state index in [0.29, 0.717) is 16.7 Å². The van der Waals surface area contributed by atoms with Crippen molar-refractivity contribution >= 4 is 17.9 Å². The molecule has 0 spiro atoms. The van der Waals surface area contributed by atoms with Crippen LogP contribution >= 0.6 is 0 Å². The van der Waals surface area contributed by atoms with Gasteiger partial charge in [0.05, 0.1) is 18.1 Å². The molecule has 0 amide bonds. The Balaban J connectivity index is 1.99. The minimum atomic E-state index is -1.12. The molecule has 4 unspecified atom stereocenters. The van der Waals surface area contributed by atoms with Crippen LogP contribution in [0.2, 0.25) is 0 Å². The van der Waals surface area contributed by atoms with E-state index in [4.69, 9.17) is 4.74 Å². The van der Waals surface area contributed by atoms with Crippen molar-refractivity contribution in [2.45, 2.75) is 24.9 Å². The minimum absolute atomic E-state index is 0.244. The maximum atomic E-state index is 12.1. The summed E-state index contributed by atoms with van der Waals surface area (Å²) in [6.07, 6.45) is 0. The lowest BCUT2D eigenvalue weighted by atomic mass is 9.80. The molecule has 2 aromatic rings. The zero-order chi connectivity index (χ0) is 20.3. The average Bonchev–Trinajstić information content (AvgIpc) is 3.10. The Morgan fingerprint density at radius 2 is 1.57 bits per heavy atom. The quantitative estimate of drug-likeness (QED) is 0.657. The summed E-state index contributed by atoms with van der Waals surface area (Å²) in [7, 11) is 0. The van der Waals surface area contributed by atoms with E-state index in [0.717, 1.165) is 0 Å². The number of ether oxygens (including phenoxy) is 1. The first-order valence-electron chi connectivity index (χ1n) is 8.97. The van der Waals surface area contributed by atoms with Crippen molar-refractivity contribution < 1.29 is 29.3 Å². The second kappa shape index (κ2) is 8.22. The number of carbonyl (C=O) groups is 3. The van der Waals surface area contributed by atoms with Crippen LogP contribution in [0.3, 0.4) is 0 Å². The van der Waals surface area contributed by atoms with Crippen molar-refractivity contribution in [2.75, 3.05) is 6.61 Å². The lowest BCUT2D eigenvalue weighted by molar-refractivity contribution is -0.143. The molecule has 1 aliphatic heterocycles. The van der Waals surface area contributed by atoms with Crippen LogP contribution in [0.25, 0.3) is 0 Å². The van der Waals surface area contributed by atoms with Gasteiger partial charge in [-0.2, -0.15) is 0 Å². The van der Waals surface area contributed by atoms with Crippen molar-refractivity contribution in [3.05, 3.63) is 71.3 Å². The molecule has 2 aromatic carbocycles. The molecule has 7 nitrogen and oxygen atoms in total. The van der Waals surface area contributed by atoms with Crippen molar-refractivity contribution in [3.63, 3.8) is 0 Å². The lowest BCUT2D eigenvalue weighted by Crippen LogP contribution is -2.35. The number of nitrogens with one attached hydrogen (secondary N) is 1. The van der Waals surface area contributed by atoms with Crippen LogP contribution in [0.5, 0.6) is 0 Å². The first kappa shape index (κ1) is 19.6. The van der Waals surface area contributed by atoms with Crippen LogP contribution in [0.4, 0.5) is 0 Å². The Bertz CT molecular complexity index is 864. The number of benzene rings is 2. The van der Waals surface area contributed by atoms with E-state index in [1.54, 1.807) is 43.3 Å². The number of carboxylic acid groups (broad SMARTS) is 2. The SMILES string of the molecule is CCOC(=O)c1ccc(C2C(C(=O)O)NC(c3ccccc3)C2C(=O)O)cc1. The fourth-order valence-corrected chi connectivity index (χ4v) is 3.76. The Morgan fingerprint density at radius 1 is 0.929 bits per heavy atom. The van der Waals surface area contributed by atoms with E-state index in [2.05, 4.69) is 5.32 Å². The molecule has 0 bridgehead atoms. The van der Waals surface area contributed by atoms with Gasteiger partial charge in [0.25, 0.3) is 0 Å². The predicted molar refractivity (Wildman–Crippen MR) is 100 cm³/mol. The third kappa shape index (κ3) is 3.75. The highest BCUT2D eigenvalue weighted by Gasteiger charge is 2.51. The van der Waals surface area contributed by atoms with Crippen LogP contribution in [0.15, 0.2) is 54.6 Å². The molecule has 0 saturated carbocycles. The number of hydrogen-bond acceptors (Lipinski definition) is 5. The zero-order valence-corrected chi connectivity index (χ0v) is 15.2. The molecule has 0 radical (unpaired) electrons. The maximum absolute atomic E-state index is 12.1. The largest absolute Gasteiger partial charge is 0.481 e. The predicted octanol–water partition coefficient (Wildman–Crippen LogP) is 2.45. The monoisotopic (exact) mass is 383 g/mol. The standard InChI is InChI=1S/C21H21NO6/c1-2-28-21(27)14-10-8-12(9-11-14)15-16(19(23)24)17(22-18(15)20(25)26)13-6-4-3-5-7-13/h3-11,15-18,22H,2H2,1H3,(H,23,24)(H,25,26). The van der Waals surface area contributed by atoms with Crippen LogP contribution in [0.1, 0.15) is 40.4 Å². The second-order valence-corrected chi connectivity index (χ2v) is 6.60. The van der Waals surface area contributed by atoms with Gasteiger partial charge in [-0.15, -0.1) is 0 Å². The topological polar surface area (TPSA) is 113 Å².